The molecular weight excluding hydrogens is 328 g/mol. The van der Waals surface area contributed by atoms with Gasteiger partial charge in [-0.05, 0) is 24.1 Å². The Balaban J connectivity index is 1.79. The van der Waals surface area contributed by atoms with Crippen molar-refractivity contribution in [2.45, 2.75) is 25.1 Å². The maximum atomic E-state index is 12.7. The van der Waals surface area contributed by atoms with Crippen molar-refractivity contribution in [3.8, 4) is 0 Å². The zero-order chi connectivity index (χ0) is 17.3. The number of piperidine rings is 1. The SMILES string of the molecule is CO[C@@H]1CCN(S(=O)(=O)N(C)C)[C@@H]2CN(Cc3ccncc3)C[C@@H]21. The lowest BCUT2D eigenvalue weighted by molar-refractivity contribution is 0.00122. The summed E-state index contributed by atoms with van der Waals surface area (Å²) in [5, 5.41) is 0. The molecule has 8 heteroatoms. The Morgan fingerprint density at radius 3 is 2.62 bits per heavy atom. The second kappa shape index (κ2) is 7.05. The van der Waals surface area contributed by atoms with Crippen LogP contribution in [0.25, 0.3) is 0 Å². The number of likely N-dealkylation sites (tertiary alicyclic amines) is 1. The Morgan fingerprint density at radius 1 is 1.29 bits per heavy atom. The van der Waals surface area contributed by atoms with Crippen molar-refractivity contribution in [2.75, 3.05) is 40.8 Å². The fraction of sp³-hybridized carbons (Fsp3) is 0.688. The number of hydrogen-bond donors (Lipinski definition) is 0. The number of rotatable bonds is 5. The maximum Gasteiger partial charge on any atom is 0.281 e. The van der Waals surface area contributed by atoms with Crippen LogP contribution in [-0.4, -0.2) is 79.9 Å². The lowest BCUT2D eigenvalue weighted by Crippen LogP contribution is -2.56. The van der Waals surface area contributed by atoms with Crippen LogP contribution in [0.1, 0.15) is 12.0 Å². The van der Waals surface area contributed by atoms with E-state index in [0.717, 1.165) is 26.1 Å². The van der Waals surface area contributed by atoms with Crippen LogP contribution in [0.3, 0.4) is 0 Å². The molecule has 0 aliphatic carbocycles. The number of fused-ring (bicyclic) bond motifs is 1. The third kappa shape index (κ3) is 3.34. The van der Waals surface area contributed by atoms with Gasteiger partial charge in [0.2, 0.25) is 0 Å². The Hall–Kier alpha value is -1.06. The van der Waals surface area contributed by atoms with Gasteiger partial charge in [0.1, 0.15) is 0 Å². The van der Waals surface area contributed by atoms with Gasteiger partial charge in [-0.15, -0.1) is 0 Å². The molecule has 0 aromatic carbocycles. The number of aromatic nitrogens is 1. The molecule has 3 atom stereocenters. The summed E-state index contributed by atoms with van der Waals surface area (Å²) in [7, 11) is 1.51. The number of hydrogen-bond acceptors (Lipinski definition) is 5. The molecule has 0 bridgehead atoms. The van der Waals surface area contributed by atoms with Gasteiger partial charge in [-0.2, -0.15) is 17.0 Å². The quantitative estimate of drug-likeness (QED) is 0.766. The Bertz CT molecular complexity index is 653. The molecule has 3 heterocycles. The molecule has 3 rings (SSSR count). The molecule has 24 heavy (non-hydrogen) atoms. The molecule has 0 N–H and O–H groups in total. The van der Waals surface area contributed by atoms with Gasteiger partial charge < -0.3 is 4.74 Å². The van der Waals surface area contributed by atoms with E-state index in [-0.39, 0.29) is 18.1 Å². The lowest BCUT2D eigenvalue weighted by Gasteiger charge is -2.40. The van der Waals surface area contributed by atoms with Gasteiger partial charge in [-0.1, -0.05) is 0 Å². The van der Waals surface area contributed by atoms with Crippen LogP contribution < -0.4 is 0 Å². The largest absolute Gasteiger partial charge is 0.381 e. The average molecular weight is 354 g/mol. The fourth-order valence-electron chi connectivity index (χ4n) is 3.86. The van der Waals surface area contributed by atoms with Crippen LogP contribution >= 0.6 is 0 Å². The van der Waals surface area contributed by atoms with E-state index in [0.29, 0.717) is 6.54 Å². The van der Waals surface area contributed by atoms with Crippen LogP contribution in [0.2, 0.25) is 0 Å². The summed E-state index contributed by atoms with van der Waals surface area (Å²) in [6, 6.07) is 3.98. The first-order valence-electron chi connectivity index (χ1n) is 8.27. The van der Waals surface area contributed by atoms with Crippen LogP contribution in [0, 0.1) is 5.92 Å². The average Bonchev–Trinajstić information content (AvgIpc) is 2.97. The number of ether oxygens (including phenoxy) is 1. The summed E-state index contributed by atoms with van der Waals surface area (Å²) < 4.78 is 34.0. The van der Waals surface area contributed by atoms with Crippen molar-refractivity contribution >= 4 is 10.2 Å². The number of methoxy groups -OCH3 is 1. The van der Waals surface area contributed by atoms with Gasteiger partial charge in [0.15, 0.2) is 0 Å². The first-order chi connectivity index (χ1) is 11.4. The highest BCUT2D eigenvalue weighted by Crippen LogP contribution is 2.35. The van der Waals surface area contributed by atoms with E-state index in [1.54, 1.807) is 37.9 Å². The minimum absolute atomic E-state index is 0.0297. The predicted molar refractivity (Wildman–Crippen MR) is 91.5 cm³/mol. The van der Waals surface area contributed by atoms with Gasteiger partial charge in [0.25, 0.3) is 10.2 Å². The van der Waals surface area contributed by atoms with Crippen LogP contribution in [-0.2, 0) is 21.5 Å². The summed E-state index contributed by atoms with van der Waals surface area (Å²) in [5.74, 6) is 0.209. The molecule has 2 fully saturated rings. The second-order valence-electron chi connectivity index (χ2n) is 6.74. The maximum absolute atomic E-state index is 12.7. The zero-order valence-electron chi connectivity index (χ0n) is 14.5. The standard InChI is InChI=1S/C16H26N4O3S/c1-18(2)24(21,22)20-9-6-16(23-3)14-11-19(12-15(14)20)10-13-4-7-17-8-5-13/h4-5,7-8,14-16H,6,9-12H2,1-3H3/t14-,15+,16+/m0/s1. The van der Waals surface area contributed by atoms with E-state index in [1.165, 1.54) is 9.87 Å². The molecule has 1 aromatic heterocycles. The van der Waals surface area contributed by atoms with E-state index in [9.17, 15) is 8.42 Å². The van der Waals surface area contributed by atoms with Crippen molar-refractivity contribution < 1.29 is 13.2 Å². The van der Waals surface area contributed by atoms with E-state index in [1.807, 2.05) is 12.1 Å². The van der Waals surface area contributed by atoms with E-state index in [4.69, 9.17) is 4.74 Å². The molecule has 0 spiro atoms. The molecular formula is C16H26N4O3S. The topological polar surface area (TPSA) is 66.0 Å². The molecule has 1 aromatic rings. The zero-order valence-corrected chi connectivity index (χ0v) is 15.3. The molecule has 2 aliphatic heterocycles. The molecule has 0 unspecified atom stereocenters. The van der Waals surface area contributed by atoms with Crippen molar-refractivity contribution in [3.63, 3.8) is 0 Å². The molecule has 0 radical (unpaired) electrons. The molecule has 0 saturated carbocycles. The summed E-state index contributed by atoms with van der Waals surface area (Å²) in [6.45, 7) is 2.91. The summed E-state index contributed by atoms with van der Waals surface area (Å²) in [6.07, 6.45) is 4.44. The highest BCUT2D eigenvalue weighted by atomic mass is 32.2. The second-order valence-corrected chi connectivity index (χ2v) is 8.84. The smallest absolute Gasteiger partial charge is 0.281 e. The monoisotopic (exact) mass is 354 g/mol. The fourth-order valence-corrected chi connectivity index (χ4v) is 5.18. The van der Waals surface area contributed by atoms with E-state index in [2.05, 4.69) is 9.88 Å². The molecule has 134 valence electrons. The lowest BCUT2D eigenvalue weighted by atomic mass is 9.91. The van der Waals surface area contributed by atoms with Gasteiger partial charge in [-0.25, -0.2) is 0 Å². The van der Waals surface area contributed by atoms with Gasteiger partial charge >= 0.3 is 0 Å². The first-order valence-corrected chi connectivity index (χ1v) is 9.66. The van der Waals surface area contributed by atoms with Crippen LogP contribution in [0.5, 0.6) is 0 Å². The summed E-state index contributed by atoms with van der Waals surface area (Å²) in [4.78, 5) is 6.37. The summed E-state index contributed by atoms with van der Waals surface area (Å²) in [5.41, 5.74) is 1.19. The van der Waals surface area contributed by atoms with Gasteiger partial charge in [0.05, 0.1) is 6.10 Å². The normalized spacial score (nSPS) is 29.1. The van der Waals surface area contributed by atoms with E-state index >= 15 is 0 Å². The van der Waals surface area contributed by atoms with Crippen molar-refractivity contribution in [3.05, 3.63) is 30.1 Å². The molecule has 2 aliphatic rings. The van der Waals surface area contributed by atoms with Gasteiger partial charge in [0, 0.05) is 71.7 Å². The molecule has 2 saturated heterocycles. The first kappa shape index (κ1) is 17.8. The number of nitrogens with zero attached hydrogens (tertiary/aromatic N) is 4. The van der Waals surface area contributed by atoms with Crippen molar-refractivity contribution in [2.24, 2.45) is 5.92 Å². The molecule has 7 nitrogen and oxygen atoms in total. The van der Waals surface area contributed by atoms with E-state index < -0.39 is 10.2 Å². The van der Waals surface area contributed by atoms with Crippen molar-refractivity contribution in [1.82, 2.24) is 18.5 Å². The highest BCUT2D eigenvalue weighted by Gasteiger charge is 2.48. The Kier molecular flexibility index (Phi) is 5.22. The predicted octanol–water partition coefficient (Wildman–Crippen LogP) is 0.409. The van der Waals surface area contributed by atoms with Crippen molar-refractivity contribution in [1.29, 1.82) is 0 Å². The Morgan fingerprint density at radius 2 is 2.00 bits per heavy atom. The minimum Gasteiger partial charge on any atom is -0.381 e. The summed E-state index contributed by atoms with van der Waals surface area (Å²) >= 11 is 0. The number of pyridine rings is 1. The highest BCUT2D eigenvalue weighted by molar-refractivity contribution is 7.86. The third-order valence-electron chi connectivity index (χ3n) is 5.11. The van der Waals surface area contributed by atoms with Gasteiger partial charge in [-0.3, -0.25) is 9.88 Å². The van der Waals surface area contributed by atoms with Crippen LogP contribution in [0.15, 0.2) is 24.5 Å². The van der Waals surface area contributed by atoms with Crippen LogP contribution in [0.4, 0.5) is 0 Å². The minimum atomic E-state index is -3.41. The Labute approximate surface area is 144 Å². The molecule has 0 amide bonds. The third-order valence-corrected chi connectivity index (χ3v) is 7.07.